The minimum atomic E-state index is 0.166. The van der Waals surface area contributed by atoms with E-state index in [4.69, 9.17) is 0 Å². The number of amides is 1. The van der Waals surface area contributed by atoms with Gasteiger partial charge in [-0.15, -0.1) is 10.2 Å². The number of aromatic nitrogens is 3. The van der Waals surface area contributed by atoms with Crippen LogP contribution in [-0.4, -0.2) is 44.4 Å². The molecule has 5 nitrogen and oxygen atoms in total. The number of unbranched alkanes of at least 4 members (excludes halogenated alkanes) is 4. The molecule has 0 saturated carbocycles. The van der Waals surface area contributed by atoms with Gasteiger partial charge in [-0.2, -0.15) is 0 Å². The van der Waals surface area contributed by atoms with Crippen molar-refractivity contribution in [1.29, 1.82) is 0 Å². The molecule has 0 bridgehead atoms. The Hall–Kier alpha value is -1.04. The molecule has 0 aliphatic carbocycles. The molecule has 6 heteroatoms. The molecular weight excluding hydrogens is 296 g/mol. The molecule has 126 valence electrons. The fraction of sp³-hybridized carbons (Fsp3) is 0.812. The second kappa shape index (κ2) is 10.6. The number of thioether (sulfide) groups is 1. The SMILES string of the molecule is CCCCCCCc1nnc(SCC(=O)N(CC)CC)n1C. The quantitative estimate of drug-likeness (QED) is 0.462. The summed E-state index contributed by atoms with van der Waals surface area (Å²) >= 11 is 1.48. The fourth-order valence-electron chi connectivity index (χ4n) is 2.37. The molecule has 0 aromatic carbocycles. The zero-order valence-electron chi connectivity index (χ0n) is 14.5. The Morgan fingerprint density at radius 2 is 1.77 bits per heavy atom. The molecule has 22 heavy (non-hydrogen) atoms. The van der Waals surface area contributed by atoms with Crippen molar-refractivity contribution in [2.45, 2.75) is 64.5 Å². The van der Waals surface area contributed by atoms with Gasteiger partial charge in [-0.05, 0) is 20.3 Å². The molecule has 1 amide bonds. The van der Waals surface area contributed by atoms with E-state index < -0.39 is 0 Å². The highest BCUT2D eigenvalue weighted by molar-refractivity contribution is 7.99. The fourth-order valence-corrected chi connectivity index (χ4v) is 3.20. The van der Waals surface area contributed by atoms with Crippen molar-refractivity contribution in [2.24, 2.45) is 7.05 Å². The summed E-state index contributed by atoms with van der Waals surface area (Å²) in [6, 6.07) is 0. The van der Waals surface area contributed by atoms with Crippen LogP contribution in [0.1, 0.15) is 58.7 Å². The minimum Gasteiger partial charge on any atom is -0.343 e. The Balaban J connectivity index is 2.41. The van der Waals surface area contributed by atoms with Gasteiger partial charge in [0, 0.05) is 26.6 Å². The molecule has 1 rings (SSSR count). The van der Waals surface area contributed by atoms with Crippen LogP contribution in [0.25, 0.3) is 0 Å². The largest absolute Gasteiger partial charge is 0.343 e. The van der Waals surface area contributed by atoms with Crippen LogP contribution in [0, 0.1) is 0 Å². The van der Waals surface area contributed by atoms with E-state index in [1.165, 1.54) is 37.4 Å². The third-order valence-corrected chi connectivity index (χ3v) is 4.87. The molecule has 0 saturated heterocycles. The van der Waals surface area contributed by atoms with E-state index in [1.54, 1.807) is 0 Å². The molecule has 0 N–H and O–H groups in total. The first kappa shape index (κ1) is 19.0. The molecule has 0 atom stereocenters. The van der Waals surface area contributed by atoms with Gasteiger partial charge in [0.15, 0.2) is 5.16 Å². The van der Waals surface area contributed by atoms with Crippen molar-refractivity contribution in [3.05, 3.63) is 5.82 Å². The Bertz CT molecular complexity index is 443. The highest BCUT2D eigenvalue weighted by Crippen LogP contribution is 2.17. The lowest BCUT2D eigenvalue weighted by molar-refractivity contribution is -0.127. The normalized spacial score (nSPS) is 10.9. The maximum atomic E-state index is 12.0. The van der Waals surface area contributed by atoms with Crippen LogP contribution in [0.4, 0.5) is 0 Å². The van der Waals surface area contributed by atoms with E-state index in [9.17, 15) is 4.79 Å². The van der Waals surface area contributed by atoms with E-state index >= 15 is 0 Å². The van der Waals surface area contributed by atoms with Crippen molar-refractivity contribution < 1.29 is 4.79 Å². The molecule has 1 heterocycles. The minimum absolute atomic E-state index is 0.166. The van der Waals surface area contributed by atoms with E-state index in [0.717, 1.165) is 36.9 Å². The van der Waals surface area contributed by atoms with Crippen LogP contribution in [0.15, 0.2) is 5.16 Å². The summed E-state index contributed by atoms with van der Waals surface area (Å²) < 4.78 is 2.03. The van der Waals surface area contributed by atoms with Gasteiger partial charge in [0.1, 0.15) is 5.82 Å². The average Bonchev–Trinajstić information content (AvgIpc) is 2.87. The molecular formula is C16H30N4OS. The van der Waals surface area contributed by atoms with E-state index in [2.05, 4.69) is 17.1 Å². The third kappa shape index (κ3) is 5.99. The Morgan fingerprint density at radius 1 is 1.09 bits per heavy atom. The van der Waals surface area contributed by atoms with Gasteiger partial charge >= 0.3 is 0 Å². The summed E-state index contributed by atoms with van der Waals surface area (Å²) in [5, 5.41) is 9.32. The van der Waals surface area contributed by atoms with Gasteiger partial charge in [-0.3, -0.25) is 4.79 Å². The van der Waals surface area contributed by atoms with Crippen molar-refractivity contribution >= 4 is 17.7 Å². The number of rotatable bonds is 11. The van der Waals surface area contributed by atoms with E-state index in [-0.39, 0.29) is 5.91 Å². The number of carbonyl (C=O) groups is 1. The van der Waals surface area contributed by atoms with Crippen LogP contribution in [0.3, 0.4) is 0 Å². The monoisotopic (exact) mass is 326 g/mol. The highest BCUT2D eigenvalue weighted by Gasteiger charge is 2.14. The second-order valence-electron chi connectivity index (χ2n) is 5.48. The number of nitrogens with zero attached hydrogens (tertiary/aromatic N) is 4. The zero-order chi connectivity index (χ0) is 16.4. The maximum absolute atomic E-state index is 12.0. The van der Waals surface area contributed by atoms with Crippen molar-refractivity contribution in [3.8, 4) is 0 Å². The number of hydrogen-bond acceptors (Lipinski definition) is 4. The maximum Gasteiger partial charge on any atom is 0.233 e. The van der Waals surface area contributed by atoms with E-state index in [1.807, 2.05) is 30.4 Å². The van der Waals surface area contributed by atoms with Gasteiger partial charge < -0.3 is 9.47 Å². The summed E-state index contributed by atoms with van der Waals surface area (Å²) in [6.07, 6.45) is 7.27. The van der Waals surface area contributed by atoms with Gasteiger partial charge in [0.2, 0.25) is 5.91 Å². The van der Waals surface area contributed by atoms with Crippen molar-refractivity contribution in [2.75, 3.05) is 18.8 Å². The average molecular weight is 327 g/mol. The van der Waals surface area contributed by atoms with Crippen molar-refractivity contribution in [3.63, 3.8) is 0 Å². The first-order valence-corrected chi connectivity index (χ1v) is 9.41. The lowest BCUT2D eigenvalue weighted by atomic mass is 10.1. The summed E-state index contributed by atoms with van der Waals surface area (Å²) in [5.41, 5.74) is 0. The lowest BCUT2D eigenvalue weighted by Gasteiger charge is -2.17. The Labute approximate surface area is 138 Å². The highest BCUT2D eigenvalue weighted by atomic mass is 32.2. The first-order chi connectivity index (χ1) is 10.6. The smallest absolute Gasteiger partial charge is 0.233 e. The van der Waals surface area contributed by atoms with Crippen LogP contribution < -0.4 is 0 Å². The Morgan fingerprint density at radius 3 is 2.41 bits per heavy atom. The number of hydrogen-bond donors (Lipinski definition) is 0. The van der Waals surface area contributed by atoms with Crippen LogP contribution in [0.2, 0.25) is 0 Å². The third-order valence-electron chi connectivity index (χ3n) is 3.87. The standard InChI is InChI=1S/C16H30N4OS/c1-5-8-9-10-11-12-14-17-18-16(19(14)4)22-13-15(21)20(6-2)7-3/h5-13H2,1-4H3. The molecule has 1 aromatic rings. The predicted molar refractivity (Wildman–Crippen MR) is 92.1 cm³/mol. The molecule has 0 fully saturated rings. The Kier molecular flexibility index (Phi) is 9.20. The van der Waals surface area contributed by atoms with Gasteiger partial charge in [-0.1, -0.05) is 44.4 Å². The predicted octanol–water partition coefficient (Wildman–Crippen LogP) is 3.29. The van der Waals surface area contributed by atoms with Crippen LogP contribution in [-0.2, 0) is 18.3 Å². The van der Waals surface area contributed by atoms with Crippen LogP contribution in [0.5, 0.6) is 0 Å². The number of carbonyl (C=O) groups excluding carboxylic acids is 1. The second-order valence-corrected chi connectivity index (χ2v) is 6.42. The van der Waals surface area contributed by atoms with E-state index in [0.29, 0.717) is 5.75 Å². The number of aryl methyl sites for hydroxylation is 1. The van der Waals surface area contributed by atoms with Gasteiger partial charge in [0.25, 0.3) is 0 Å². The summed E-state index contributed by atoms with van der Waals surface area (Å²) in [7, 11) is 1.99. The molecule has 0 radical (unpaired) electrons. The molecule has 0 spiro atoms. The zero-order valence-corrected chi connectivity index (χ0v) is 15.3. The summed E-state index contributed by atoms with van der Waals surface area (Å²) in [6.45, 7) is 7.76. The molecule has 0 aliphatic rings. The summed E-state index contributed by atoms with van der Waals surface area (Å²) in [4.78, 5) is 13.9. The molecule has 0 aliphatic heterocycles. The molecule has 1 aromatic heterocycles. The first-order valence-electron chi connectivity index (χ1n) is 8.42. The lowest BCUT2D eigenvalue weighted by Crippen LogP contribution is -2.31. The summed E-state index contributed by atoms with van der Waals surface area (Å²) in [5.74, 6) is 1.62. The van der Waals surface area contributed by atoms with Crippen molar-refractivity contribution in [1.82, 2.24) is 19.7 Å². The topological polar surface area (TPSA) is 51.0 Å². The molecule has 0 unspecified atom stereocenters. The van der Waals surface area contributed by atoms with Gasteiger partial charge in [-0.25, -0.2) is 0 Å². The van der Waals surface area contributed by atoms with Gasteiger partial charge in [0.05, 0.1) is 5.75 Å². The van der Waals surface area contributed by atoms with Crippen LogP contribution >= 0.6 is 11.8 Å².